The van der Waals surface area contributed by atoms with Crippen molar-refractivity contribution >= 4 is 14.3 Å². The van der Waals surface area contributed by atoms with Gasteiger partial charge in [-0.3, -0.25) is 4.79 Å². The lowest BCUT2D eigenvalue weighted by Crippen LogP contribution is -2.42. The number of carbonyl (C=O) groups is 1. The Labute approximate surface area is 181 Å². The van der Waals surface area contributed by atoms with Crippen LogP contribution in [-0.2, 0) is 14.0 Å². The first kappa shape index (κ1) is 27.9. The zero-order valence-electron chi connectivity index (χ0n) is 20.1. The lowest BCUT2D eigenvalue weighted by molar-refractivity contribution is -0.140. The number of hydrogen-bond acceptors (Lipinski definition) is 3. The number of allylic oxidation sites excluding steroid dienone is 5. The SMILES string of the molecule is COC(=O)CCCCCCC/C=C\C/C=C\C/C=C\C(C)O[Si](C)(C)C(C)(C)C. The summed E-state index contributed by atoms with van der Waals surface area (Å²) in [5.41, 5.74) is 0. The number of rotatable bonds is 15. The molecule has 3 nitrogen and oxygen atoms in total. The van der Waals surface area contributed by atoms with Gasteiger partial charge in [0.1, 0.15) is 0 Å². The van der Waals surface area contributed by atoms with Gasteiger partial charge < -0.3 is 9.16 Å². The number of unbranched alkanes of at least 4 members (excludes halogenated alkanes) is 5. The van der Waals surface area contributed by atoms with E-state index in [1.54, 1.807) is 0 Å². The van der Waals surface area contributed by atoms with Gasteiger partial charge in [0.05, 0.1) is 13.2 Å². The summed E-state index contributed by atoms with van der Waals surface area (Å²) in [6.07, 6.45) is 23.0. The minimum atomic E-state index is -1.68. The molecule has 0 aromatic heterocycles. The number of carbonyl (C=O) groups excluding carboxylic acids is 1. The molecule has 0 saturated heterocycles. The standard InChI is InChI=1S/C25H46O3Si/c1-23(28-29(6,7)25(2,3)4)21-19-17-15-13-11-9-8-10-12-14-16-18-20-22-24(26)27-5/h8-9,13,15,19,21,23H,10-12,14,16-18,20,22H2,1-7H3/b9-8-,15-13-,21-19-. The van der Waals surface area contributed by atoms with Crippen molar-refractivity contribution in [3.63, 3.8) is 0 Å². The Morgan fingerprint density at radius 3 is 2.07 bits per heavy atom. The van der Waals surface area contributed by atoms with Crippen LogP contribution in [0.25, 0.3) is 0 Å². The van der Waals surface area contributed by atoms with Crippen LogP contribution in [0.4, 0.5) is 0 Å². The van der Waals surface area contributed by atoms with Gasteiger partial charge >= 0.3 is 5.97 Å². The second-order valence-corrected chi connectivity index (χ2v) is 14.1. The maximum Gasteiger partial charge on any atom is 0.305 e. The molecule has 0 aliphatic heterocycles. The average Bonchev–Trinajstić information content (AvgIpc) is 2.63. The van der Waals surface area contributed by atoms with Gasteiger partial charge in [-0.05, 0) is 57.2 Å². The fourth-order valence-electron chi connectivity index (χ4n) is 2.68. The van der Waals surface area contributed by atoms with E-state index in [1.807, 2.05) is 0 Å². The topological polar surface area (TPSA) is 35.5 Å². The van der Waals surface area contributed by atoms with Crippen LogP contribution in [0, 0.1) is 0 Å². The quantitative estimate of drug-likeness (QED) is 0.117. The van der Waals surface area contributed by atoms with Crippen molar-refractivity contribution in [1.29, 1.82) is 0 Å². The van der Waals surface area contributed by atoms with E-state index < -0.39 is 8.32 Å². The summed E-state index contributed by atoms with van der Waals surface area (Å²) < 4.78 is 11.0. The molecular weight excluding hydrogens is 376 g/mol. The lowest BCUT2D eigenvalue weighted by atomic mass is 10.1. The maximum absolute atomic E-state index is 11.0. The molecule has 168 valence electrons. The monoisotopic (exact) mass is 422 g/mol. The Bertz CT molecular complexity index is 513. The Balaban J connectivity index is 3.71. The molecule has 0 radical (unpaired) electrons. The van der Waals surface area contributed by atoms with Crippen LogP contribution in [0.15, 0.2) is 36.5 Å². The van der Waals surface area contributed by atoms with Crippen molar-refractivity contribution in [2.75, 3.05) is 7.11 Å². The highest BCUT2D eigenvalue weighted by Crippen LogP contribution is 2.37. The Morgan fingerprint density at radius 1 is 0.897 bits per heavy atom. The van der Waals surface area contributed by atoms with Crippen molar-refractivity contribution in [3.8, 4) is 0 Å². The molecule has 0 N–H and O–H groups in total. The molecule has 29 heavy (non-hydrogen) atoms. The van der Waals surface area contributed by atoms with Crippen molar-refractivity contribution in [1.82, 2.24) is 0 Å². The van der Waals surface area contributed by atoms with Crippen LogP contribution in [0.2, 0.25) is 18.1 Å². The summed E-state index contributed by atoms with van der Waals surface area (Å²) in [5.74, 6) is -0.0922. The largest absolute Gasteiger partial charge is 0.469 e. The minimum absolute atomic E-state index is 0.0922. The van der Waals surface area contributed by atoms with Gasteiger partial charge in [-0.15, -0.1) is 0 Å². The molecule has 0 bridgehead atoms. The third-order valence-electron chi connectivity index (χ3n) is 5.55. The summed E-state index contributed by atoms with van der Waals surface area (Å²) in [5, 5.41) is 0.256. The highest BCUT2D eigenvalue weighted by molar-refractivity contribution is 6.74. The van der Waals surface area contributed by atoms with E-state index in [0.717, 1.165) is 32.1 Å². The second-order valence-electron chi connectivity index (χ2n) is 9.31. The molecule has 0 rings (SSSR count). The second kappa shape index (κ2) is 15.7. The summed E-state index contributed by atoms with van der Waals surface area (Å²) in [7, 11) is -0.227. The molecule has 0 saturated carbocycles. The molecule has 1 unspecified atom stereocenters. The molecule has 1 atom stereocenters. The molecule has 0 aromatic rings. The summed E-state index contributed by atoms with van der Waals surface area (Å²) >= 11 is 0. The molecule has 0 aliphatic carbocycles. The Kier molecular flexibility index (Phi) is 15.1. The molecular formula is C25H46O3Si. The van der Waals surface area contributed by atoms with Gasteiger partial charge in [0, 0.05) is 6.42 Å². The van der Waals surface area contributed by atoms with Crippen LogP contribution in [0.1, 0.15) is 85.5 Å². The van der Waals surface area contributed by atoms with E-state index in [2.05, 4.69) is 82.0 Å². The lowest BCUT2D eigenvalue weighted by Gasteiger charge is -2.37. The number of hydrogen-bond donors (Lipinski definition) is 0. The Morgan fingerprint density at radius 2 is 1.45 bits per heavy atom. The number of methoxy groups -OCH3 is 1. The Hall–Kier alpha value is -1.13. The van der Waals surface area contributed by atoms with E-state index in [-0.39, 0.29) is 17.1 Å². The van der Waals surface area contributed by atoms with Gasteiger partial charge in [-0.2, -0.15) is 0 Å². The van der Waals surface area contributed by atoms with Gasteiger partial charge in [-0.25, -0.2) is 0 Å². The third-order valence-corrected chi connectivity index (χ3v) is 10.1. The van der Waals surface area contributed by atoms with E-state index >= 15 is 0 Å². The first-order valence-electron chi connectivity index (χ1n) is 11.3. The highest BCUT2D eigenvalue weighted by atomic mass is 28.4. The van der Waals surface area contributed by atoms with Crippen molar-refractivity contribution in [2.24, 2.45) is 0 Å². The normalized spacial score (nSPS) is 14.3. The summed E-state index contributed by atoms with van der Waals surface area (Å²) in [4.78, 5) is 11.0. The van der Waals surface area contributed by atoms with E-state index in [1.165, 1.54) is 26.4 Å². The molecule has 0 fully saturated rings. The van der Waals surface area contributed by atoms with E-state index in [0.29, 0.717) is 6.42 Å². The predicted molar refractivity (Wildman–Crippen MR) is 129 cm³/mol. The van der Waals surface area contributed by atoms with Crippen molar-refractivity contribution in [2.45, 2.75) is 110 Å². The number of ether oxygens (including phenoxy) is 1. The first-order valence-corrected chi connectivity index (χ1v) is 14.2. The van der Waals surface area contributed by atoms with Crippen LogP contribution in [0.3, 0.4) is 0 Å². The minimum Gasteiger partial charge on any atom is -0.469 e. The zero-order chi connectivity index (χ0) is 22.2. The summed E-state index contributed by atoms with van der Waals surface area (Å²) in [6.45, 7) is 13.6. The van der Waals surface area contributed by atoms with Crippen LogP contribution in [0.5, 0.6) is 0 Å². The summed E-state index contributed by atoms with van der Waals surface area (Å²) in [6, 6.07) is 0. The molecule has 4 heteroatoms. The van der Waals surface area contributed by atoms with Crippen LogP contribution in [-0.4, -0.2) is 27.5 Å². The highest BCUT2D eigenvalue weighted by Gasteiger charge is 2.37. The fourth-order valence-corrected chi connectivity index (χ4v) is 4.04. The van der Waals surface area contributed by atoms with E-state index in [9.17, 15) is 4.79 Å². The van der Waals surface area contributed by atoms with Gasteiger partial charge in [0.25, 0.3) is 0 Å². The molecule has 0 amide bonds. The van der Waals surface area contributed by atoms with Gasteiger partial charge in [0.15, 0.2) is 8.32 Å². The predicted octanol–water partition coefficient (Wildman–Crippen LogP) is 7.75. The molecule has 0 spiro atoms. The van der Waals surface area contributed by atoms with Gasteiger partial charge in [-0.1, -0.05) is 76.5 Å². The van der Waals surface area contributed by atoms with Crippen molar-refractivity contribution in [3.05, 3.63) is 36.5 Å². The van der Waals surface area contributed by atoms with Crippen LogP contribution >= 0.6 is 0 Å². The molecule has 0 aliphatic rings. The smallest absolute Gasteiger partial charge is 0.305 e. The van der Waals surface area contributed by atoms with Crippen LogP contribution < -0.4 is 0 Å². The zero-order valence-corrected chi connectivity index (χ0v) is 21.1. The third kappa shape index (κ3) is 15.4. The fraction of sp³-hybridized carbons (Fsp3) is 0.720. The first-order chi connectivity index (χ1) is 13.6. The van der Waals surface area contributed by atoms with Crippen molar-refractivity contribution < 1.29 is 14.0 Å². The molecule has 0 aromatic carbocycles. The van der Waals surface area contributed by atoms with E-state index in [4.69, 9.17) is 4.43 Å². The average molecular weight is 423 g/mol. The maximum atomic E-state index is 11.0. The number of esters is 1. The molecule has 0 heterocycles. The van der Waals surface area contributed by atoms with Gasteiger partial charge in [0.2, 0.25) is 0 Å².